The van der Waals surface area contributed by atoms with Crippen LogP contribution >= 0.6 is 0 Å². The van der Waals surface area contributed by atoms with Gasteiger partial charge in [-0.2, -0.15) is 0 Å². The van der Waals surface area contributed by atoms with Crippen LogP contribution in [0.4, 0.5) is 0 Å². The third-order valence-corrected chi connectivity index (χ3v) is 5.14. The van der Waals surface area contributed by atoms with Crippen molar-refractivity contribution in [3.63, 3.8) is 0 Å². The third kappa shape index (κ3) is 3.57. The Labute approximate surface area is 168 Å². The van der Waals surface area contributed by atoms with E-state index in [2.05, 4.69) is 0 Å². The first-order valence-corrected chi connectivity index (χ1v) is 9.36. The normalized spacial score (nSPS) is 10.9. The van der Waals surface area contributed by atoms with E-state index in [-0.39, 0.29) is 0 Å². The van der Waals surface area contributed by atoms with Crippen LogP contribution in [0.1, 0.15) is 27.0 Å². The number of rotatable bonds is 3. The molecule has 0 radical (unpaired) electrons. The predicted molar refractivity (Wildman–Crippen MR) is 114 cm³/mol. The van der Waals surface area contributed by atoms with E-state index in [1.54, 1.807) is 19.1 Å². The molecule has 0 amide bonds. The Hall–Kier alpha value is -3.66. The van der Waals surface area contributed by atoms with Gasteiger partial charge in [0.05, 0.1) is 5.56 Å². The second kappa shape index (κ2) is 7.40. The van der Waals surface area contributed by atoms with E-state index in [0.29, 0.717) is 22.5 Å². The first-order chi connectivity index (χ1) is 13.9. The summed E-state index contributed by atoms with van der Waals surface area (Å²) in [7, 11) is 0. The molecule has 3 aromatic carbocycles. The quantitative estimate of drug-likeness (QED) is 0.262. The van der Waals surface area contributed by atoms with Crippen LogP contribution in [0.25, 0.3) is 22.1 Å². The van der Waals surface area contributed by atoms with Crippen molar-refractivity contribution in [2.45, 2.75) is 20.8 Å². The molecule has 4 heteroatoms. The fourth-order valence-corrected chi connectivity index (χ4v) is 3.34. The number of benzene rings is 3. The molecule has 0 aliphatic carbocycles. The number of carbonyl (C=O) groups excluding carboxylic acids is 1. The third-order valence-electron chi connectivity index (χ3n) is 5.14. The Bertz CT molecular complexity index is 1280. The van der Waals surface area contributed by atoms with E-state index in [0.717, 1.165) is 27.6 Å². The van der Waals surface area contributed by atoms with Crippen molar-refractivity contribution in [2.75, 3.05) is 0 Å². The van der Waals surface area contributed by atoms with Crippen LogP contribution in [0.5, 0.6) is 5.75 Å². The zero-order valence-corrected chi connectivity index (χ0v) is 16.5. The lowest BCUT2D eigenvalue weighted by molar-refractivity contribution is 0.0733. The standard InChI is InChI=1S/C25H20O4/c1-15-9-10-19(13-16(15)2)25(27)28-22-12-11-20-21(18-7-5-4-6-8-18)14-23(26)29-24(20)17(22)3/h4-14H,1-3H3. The van der Waals surface area contributed by atoms with Gasteiger partial charge in [0, 0.05) is 17.0 Å². The summed E-state index contributed by atoms with van der Waals surface area (Å²) in [5.74, 6) is -0.0776. The van der Waals surface area contributed by atoms with Crippen molar-refractivity contribution in [1.29, 1.82) is 0 Å². The van der Waals surface area contributed by atoms with E-state index in [4.69, 9.17) is 9.15 Å². The molecule has 0 N–H and O–H groups in total. The van der Waals surface area contributed by atoms with E-state index in [1.165, 1.54) is 6.07 Å². The molecule has 0 spiro atoms. The number of hydrogen-bond donors (Lipinski definition) is 0. The van der Waals surface area contributed by atoms with E-state index in [9.17, 15) is 9.59 Å². The highest BCUT2D eigenvalue weighted by molar-refractivity contribution is 5.97. The summed E-state index contributed by atoms with van der Waals surface area (Å²) >= 11 is 0. The largest absolute Gasteiger partial charge is 0.423 e. The Balaban J connectivity index is 1.77. The first-order valence-electron chi connectivity index (χ1n) is 9.36. The smallest absolute Gasteiger partial charge is 0.343 e. The van der Waals surface area contributed by atoms with Crippen molar-refractivity contribution >= 4 is 16.9 Å². The number of ether oxygens (including phenoxy) is 1. The molecule has 0 aliphatic rings. The van der Waals surface area contributed by atoms with Gasteiger partial charge >= 0.3 is 11.6 Å². The van der Waals surface area contributed by atoms with Gasteiger partial charge in [0.15, 0.2) is 0 Å². The molecular weight excluding hydrogens is 364 g/mol. The van der Waals surface area contributed by atoms with Crippen LogP contribution in [0.3, 0.4) is 0 Å². The molecule has 0 unspecified atom stereocenters. The summed E-state index contributed by atoms with van der Waals surface area (Å²) in [6, 6.07) is 20.1. The molecule has 0 saturated carbocycles. The minimum atomic E-state index is -0.447. The lowest BCUT2D eigenvalue weighted by atomic mass is 10.00. The van der Waals surface area contributed by atoms with E-state index in [1.807, 2.05) is 62.4 Å². The lowest BCUT2D eigenvalue weighted by Crippen LogP contribution is -2.10. The van der Waals surface area contributed by atoms with Gasteiger partial charge < -0.3 is 9.15 Å². The summed E-state index contributed by atoms with van der Waals surface area (Å²) < 4.78 is 11.1. The van der Waals surface area contributed by atoms with Crippen molar-refractivity contribution in [2.24, 2.45) is 0 Å². The number of fused-ring (bicyclic) bond motifs is 1. The van der Waals surface area contributed by atoms with Crippen LogP contribution in [0.15, 0.2) is 75.9 Å². The summed E-state index contributed by atoms with van der Waals surface area (Å²) in [6.45, 7) is 5.72. The van der Waals surface area contributed by atoms with Gasteiger partial charge in [-0.15, -0.1) is 0 Å². The minimum absolute atomic E-state index is 0.370. The van der Waals surface area contributed by atoms with Gasteiger partial charge in [0.1, 0.15) is 11.3 Å². The highest BCUT2D eigenvalue weighted by atomic mass is 16.5. The first kappa shape index (κ1) is 18.7. The molecule has 4 rings (SSSR count). The lowest BCUT2D eigenvalue weighted by Gasteiger charge is -2.12. The van der Waals surface area contributed by atoms with Crippen LogP contribution in [-0.4, -0.2) is 5.97 Å². The van der Waals surface area contributed by atoms with Gasteiger partial charge in [0.25, 0.3) is 0 Å². The van der Waals surface area contributed by atoms with Gasteiger partial charge in [0.2, 0.25) is 0 Å². The van der Waals surface area contributed by atoms with Crippen LogP contribution < -0.4 is 10.4 Å². The Morgan fingerprint density at radius 1 is 0.862 bits per heavy atom. The molecule has 4 nitrogen and oxygen atoms in total. The molecule has 29 heavy (non-hydrogen) atoms. The van der Waals surface area contributed by atoms with Crippen molar-refractivity contribution in [3.8, 4) is 16.9 Å². The molecule has 1 aromatic heterocycles. The summed E-state index contributed by atoms with van der Waals surface area (Å²) in [6.07, 6.45) is 0. The van der Waals surface area contributed by atoms with Crippen molar-refractivity contribution in [1.82, 2.24) is 0 Å². The van der Waals surface area contributed by atoms with E-state index < -0.39 is 11.6 Å². The number of carbonyl (C=O) groups is 1. The maximum atomic E-state index is 12.6. The van der Waals surface area contributed by atoms with Crippen LogP contribution in [-0.2, 0) is 0 Å². The predicted octanol–water partition coefficient (Wildman–Crippen LogP) is 5.60. The fourth-order valence-electron chi connectivity index (χ4n) is 3.34. The highest BCUT2D eigenvalue weighted by Crippen LogP contribution is 2.33. The van der Waals surface area contributed by atoms with Gasteiger partial charge in [-0.25, -0.2) is 9.59 Å². The zero-order chi connectivity index (χ0) is 20.5. The Kier molecular flexibility index (Phi) is 4.77. The molecular formula is C25H20O4. The summed E-state index contributed by atoms with van der Waals surface area (Å²) in [5, 5.41) is 0.791. The Morgan fingerprint density at radius 3 is 2.34 bits per heavy atom. The monoisotopic (exact) mass is 384 g/mol. The average Bonchev–Trinajstić information content (AvgIpc) is 2.72. The number of esters is 1. The number of hydrogen-bond acceptors (Lipinski definition) is 4. The van der Waals surface area contributed by atoms with Crippen molar-refractivity contribution < 1.29 is 13.9 Å². The van der Waals surface area contributed by atoms with E-state index >= 15 is 0 Å². The average molecular weight is 384 g/mol. The van der Waals surface area contributed by atoms with Crippen LogP contribution in [0.2, 0.25) is 0 Å². The summed E-state index contributed by atoms with van der Waals surface area (Å²) in [5.41, 5.74) is 4.89. The second-order valence-electron chi connectivity index (χ2n) is 7.10. The van der Waals surface area contributed by atoms with Crippen molar-refractivity contribution in [3.05, 3.63) is 99.4 Å². The van der Waals surface area contributed by atoms with Gasteiger partial charge in [-0.05, 0) is 67.3 Å². The van der Waals surface area contributed by atoms with Crippen LogP contribution in [0, 0.1) is 20.8 Å². The molecule has 1 heterocycles. The molecule has 144 valence electrons. The minimum Gasteiger partial charge on any atom is -0.423 e. The molecule has 0 saturated heterocycles. The molecule has 0 bridgehead atoms. The topological polar surface area (TPSA) is 56.5 Å². The molecule has 0 aliphatic heterocycles. The molecule has 0 atom stereocenters. The molecule has 0 fully saturated rings. The Morgan fingerprint density at radius 2 is 1.62 bits per heavy atom. The number of aryl methyl sites for hydroxylation is 3. The summed E-state index contributed by atoms with van der Waals surface area (Å²) in [4.78, 5) is 24.8. The maximum Gasteiger partial charge on any atom is 0.343 e. The zero-order valence-electron chi connectivity index (χ0n) is 16.5. The highest BCUT2D eigenvalue weighted by Gasteiger charge is 2.16. The SMILES string of the molecule is Cc1ccc(C(=O)Oc2ccc3c(-c4ccccc4)cc(=O)oc3c2C)cc1C. The second-order valence-corrected chi connectivity index (χ2v) is 7.10. The van der Waals surface area contributed by atoms with Gasteiger partial charge in [-0.1, -0.05) is 36.4 Å². The maximum absolute atomic E-state index is 12.6. The fraction of sp³-hybridized carbons (Fsp3) is 0.120. The molecule has 4 aromatic rings. The van der Waals surface area contributed by atoms with Gasteiger partial charge in [-0.3, -0.25) is 0 Å².